The van der Waals surface area contributed by atoms with Crippen LogP contribution in [0, 0.1) is 6.92 Å². The highest BCUT2D eigenvalue weighted by Gasteiger charge is 2.13. The van der Waals surface area contributed by atoms with Gasteiger partial charge >= 0.3 is 0 Å². The van der Waals surface area contributed by atoms with Gasteiger partial charge in [0.15, 0.2) is 11.5 Å². The summed E-state index contributed by atoms with van der Waals surface area (Å²) >= 11 is 0. The van der Waals surface area contributed by atoms with E-state index in [4.69, 9.17) is 18.9 Å². The molecule has 0 atom stereocenters. The molecule has 0 saturated carbocycles. The minimum absolute atomic E-state index is 0.469. The third-order valence-electron chi connectivity index (χ3n) is 4.32. The highest BCUT2D eigenvalue weighted by atomic mass is 16.6. The lowest BCUT2D eigenvalue weighted by atomic mass is 10.2. The first kappa shape index (κ1) is 18.7. The molecular weight excluding hydrogens is 372 g/mol. The van der Waals surface area contributed by atoms with E-state index in [1.54, 1.807) is 14.2 Å². The van der Waals surface area contributed by atoms with Gasteiger partial charge in [-0.25, -0.2) is 4.98 Å². The van der Waals surface area contributed by atoms with Crippen molar-refractivity contribution in [2.45, 2.75) is 6.92 Å². The van der Waals surface area contributed by atoms with E-state index in [1.165, 1.54) is 0 Å². The number of benzene rings is 2. The van der Waals surface area contributed by atoms with Crippen LogP contribution in [0.1, 0.15) is 5.69 Å². The molecule has 1 aromatic heterocycles. The van der Waals surface area contributed by atoms with Crippen LogP contribution in [-0.2, 0) is 0 Å². The Kier molecular flexibility index (Phi) is 5.24. The Morgan fingerprint density at radius 3 is 2.48 bits per heavy atom. The molecule has 1 aliphatic heterocycles. The van der Waals surface area contributed by atoms with Gasteiger partial charge < -0.3 is 29.6 Å². The van der Waals surface area contributed by atoms with Crippen molar-refractivity contribution < 1.29 is 18.9 Å². The smallest absolute Gasteiger partial charge is 0.229 e. The zero-order valence-corrected chi connectivity index (χ0v) is 16.5. The minimum Gasteiger partial charge on any atom is -0.497 e. The van der Waals surface area contributed by atoms with Crippen LogP contribution < -0.4 is 29.6 Å². The van der Waals surface area contributed by atoms with Gasteiger partial charge in [0.2, 0.25) is 5.95 Å². The van der Waals surface area contributed by atoms with Crippen LogP contribution in [-0.4, -0.2) is 37.4 Å². The van der Waals surface area contributed by atoms with E-state index < -0.39 is 0 Å². The van der Waals surface area contributed by atoms with Crippen molar-refractivity contribution in [1.29, 1.82) is 0 Å². The van der Waals surface area contributed by atoms with Crippen molar-refractivity contribution in [3.8, 4) is 23.0 Å². The molecular formula is C21H22N4O4. The van der Waals surface area contributed by atoms with Crippen molar-refractivity contribution in [3.63, 3.8) is 0 Å². The summed E-state index contributed by atoms with van der Waals surface area (Å²) < 4.78 is 21.9. The summed E-state index contributed by atoms with van der Waals surface area (Å²) in [6.07, 6.45) is 0. The Hall–Kier alpha value is -3.68. The molecule has 0 aliphatic carbocycles. The largest absolute Gasteiger partial charge is 0.497 e. The Bertz CT molecular complexity index is 1030. The first-order chi connectivity index (χ1) is 14.1. The van der Waals surface area contributed by atoms with E-state index in [1.807, 2.05) is 49.4 Å². The average Bonchev–Trinajstić information content (AvgIpc) is 2.73. The van der Waals surface area contributed by atoms with Crippen LogP contribution in [0.2, 0.25) is 0 Å². The van der Waals surface area contributed by atoms with Crippen molar-refractivity contribution in [2.75, 3.05) is 38.1 Å². The summed E-state index contributed by atoms with van der Waals surface area (Å²) in [5, 5.41) is 6.49. The van der Waals surface area contributed by atoms with Crippen molar-refractivity contribution in [1.82, 2.24) is 9.97 Å². The second-order valence-electron chi connectivity index (χ2n) is 6.39. The van der Waals surface area contributed by atoms with Gasteiger partial charge in [0.25, 0.3) is 0 Å². The molecule has 0 fully saturated rings. The number of ether oxygens (including phenoxy) is 4. The van der Waals surface area contributed by atoms with Gasteiger partial charge in [-0.05, 0) is 31.2 Å². The van der Waals surface area contributed by atoms with Gasteiger partial charge in [-0.2, -0.15) is 4.98 Å². The molecule has 29 heavy (non-hydrogen) atoms. The quantitative estimate of drug-likeness (QED) is 0.647. The lowest BCUT2D eigenvalue weighted by molar-refractivity contribution is 0.171. The normalized spacial score (nSPS) is 12.2. The fraction of sp³-hybridized carbons (Fsp3) is 0.238. The number of nitrogens with zero attached hydrogens (tertiary/aromatic N) is 2. The van der Waals surface area contributed by atoms with Crippen LogP contribution in [0.5, 0.6) is 23.0 Å². The number of aromatic nitrogens is 2. The molecule has 3 aromatic rings. The van der Waals surface area contributed by atoms with Gasteiger partial charge in [0.1, 0.15) is 30.5 Å². The SMILES string of the molecule is COc1ccc(Nc2cc(C)nc(Nc3ccc4c(c3)OCCO4)n2)c(OC)c1. The van der Waals surface area contributed by atoms with Crippen LogP contribution in [0.3, 0.4) is 0 Å². The molecule has 8 nitrogen and oxygen atoms in total. The zero-order valence-electron chi connectivity index (χ0n) is 16.5. The highest BCUT2D eigenvalue weighted by molar-refractivity contribution is 5.67. The molecule has 2 aromatic carbocycles. The summed E-state index contributed by atoms with van der Waals surface area (Å²) in [6, 6.07) is 13.0. The van der Waals surface area contributed by atoms with E-state index in [-0.39, 0.29) is 0 Å². The van der Waals surface area contributed by atoms with Crippen molar-refractivity contribution >= 4 is 23.1 Å². The van der Waals surface area contributed by atoms with E-state index in [2.05, 4.69) is 20.6 Å². The lowest BCUT2D eigenvalue weighted by Crippen LogP contribution is -2.15. The summed E-state index contributed by atoms with van der Waals surface area (Å²) in [4.78, 5) is 9.03. The first-order valence-electron chi connectivity index (χ1n) is 9.16. The number of fused-ring (bicyclic) bond motifs is 1. The molecule has 0 unspecified atom stereocenters. The lowest BCUT2D eigenvalue weighted by Gasteiger charge is -2.19. The maximum Gasteiger partial charge on any atom is 0.229 e. The molecule has 8 heteroatoms. The second-order valence-corrected chi connectivity index (χ2v) is 6.39. The molecule has 0 radical (unpaired) electrons. The van der Waals surface area contributed by atoms with Gasteiger partial charge in [0, 0.05) is 29.6 Å². The summed E-state index contributed by atoms with van der Waals surface area (Å²) in [5.74, 6) is 3.92. The number of methoxy groups -OCH3 is 2. The van der Waals surface area contributed by atoms with E-state index in [0.29, 0.717) is 42.2 Å². The summed E-state index contributed by atoms with van der Waals surface area (Å²) in [5.41, 5.74) is 2.40. The highest BCUT2D eigenvalue weighted by Crippen LogP contribution is 2.34. The number of hydrogen-bond acceptors (Lipinski definition) is 8. The summed E-state index contributed by atoms with van der Waals surface area (Å²) in [6.45, 7) is 3.01. The molecule has 0 amide bonds. The fourth-order valence-corrected chi connectivity index (χ4v) is 2.98. The van der Waals surface area contributed by atoms with E-state index in [0.717, 1.165) is 22.8 Å². The van der Waals surface area contributed by atoms with E-state index in [9.17, 15) is 0 Å². The van der Waals surface area contributed by atoms with Crippen molar-refractivity contribution in [2.24, 2.45) is 0 Å². The third-order valence-corrected chi connectivity index (χ3v) is 4.32. The first-order valence-corrected chi connectivity index (χ1v) is 9.16. The average molecular weight is 394 g/mol. The Labute approximate surface area is 168 Å². The van der Waals surface area contributed by atoms with Crippen LogP contribution >= 0.6 is 0 Å². The van der Waals surface area contributed by atoms with Crippen LogP contribution in [0.15, 0.2) is 42.5 Å². The van der Waals surface area contributed by atoms with Gasteiger partial charge in [-0.1, -0.05) is 0 Å². The number of hydrogen-bond donors (Lipinski definition) is 2. The zero-order chi connectivity index (χ0) is 20.2. The number of rotatable bonds is 6. The molecule has 2 N–H and O–H groups in total. The Morgan fingerprint density at radius 2 is 1.69 bits per heavy atom. The maximum absolute atomic E-state index is 5.63. The standard InChI is InChI=1S/C21H22N4O4/c1-13-10-20(24-16-6-5-15(26-2)12-18(16)27-3)25-21(22-13)23-14-4-7-17-19(11-14)29-9-8-28-17/h4-7,10-12H,8-9H2,1-3H3,(H2,22,23,24,25). The van der Waals surface area contributed by atoms with E-state index >= 15 is 0 Å². The third kappa shape index (κ3) is 4.26. The molecule has 0 bridgehead atoms. The topological polar surface area (TPSA) is 86.8 Å². The molecule has 2 heterocycles. The number of aryl methyl sites for hydroxylation is 1. The van der Waals surface area contributed by atoms with Crippen molar-refractivity contribution in [3.05, 3.63) is 48.2 Å². The fourth-order valence-electron chi connectivity index (χ4n) is 2.98. The van der Waals surface area contributed by atoms with Crippen LogP contribution in [0.4, 0.5) is 23.1 Å². The Balaban J connectivity index is 1.57. The minimum atomic E-state index is 0.469. The molecule has 1 aliphatic rings. The predicted octanol–water partition coefficient (Wildman–Crippen LogP) is 4.06. The second kappa shape index (κ2) is 8.14. The summed E-state index contributed by atoms with van der Waals surface area (Å²) in [7, 11) is 3.23. The van der Waals surface area contributed by atoms with Gasteiger partial charge in [-0.3, -0.25) is 0 Å². The number of anilines is 4. The molecule has 0 saturated heterocycles. The molecule has 150 valence electrons. The van der Waals surface area contributed by atoms with Crippen LogP contribution in [0.25, 0.3) is 0 Å². The molecule has 0 spiro atoms. The predicted molar refractivity (Wildman–Crippen MR) is 110 cm³/mol. The van der Waals surface area contributed by atoms with Gasteiger partial charge in [-0.15, -0.1) is 0 Å². The molecule has 4 rings (SSSR count). The maximum atomic E-state index is 5.63. The monoisotopic (exact) mass is 394 g/mol. The number of nitrogens with one attached hydrogen (secondary N) is 2. The Morgan fingerprint density at radius 1 is 0.862 bits per heavy atom. The van der Waals surface area contributed by atoms with Gasteiger partial charge in [0.05, 0.1) is 19.9 Å².